The summed E-state index contributed by atoms with van der Waals surface area (Å²) in [5.41, 5.74) is 0. The molecule has 0 bridgehead atoms. The lowest BCUT2D eigenvalue weighted by molar-refractivity contribution is 0.152. The molecule has 0 aliphatic rings. The fraction of sp³-hybridized carbons (Fsp3) is 0. The molecule has 4 aromatic carbocycles. The predicted octanol–water partition coefficient (Wildman–Crippen LogP) is 5.57. The van der Waals surface area contributed by atoms with Crippen LogP contribution in [0.2, 0.25) is 0 Å². The van der Waals surface area contributed by atoms with Crippen molar-refractivity contribution in [3.63, 3.8) is 0 Å². The van der Waals surface area contributed by atoms with Crippen LogP contribution in [0.15, 0.2) is 84.9 Å². The smallest absolute Gasteiger partial charge is 0.395 e. The van der Waals surface area contributed by atoms with E-state index in [4.69, 9.17) is 9.47 Å². The molecule has 0 spiro atoms. The summed E-state index contributed by atoms with van der Waals surface area (Å²) in [5.74, 6) is 0.942. The highest BCUT2D eigenvalue weighted by Gasteiger charge is 2.10. The van der Waals surface area contributed by atoms with Crippen molar-refractivity contribution in [1.82, 2.24) is 0 Å². The number of fused-ring (bicyclic) bond motifs is 2. The normalized spacial score (nSPS) is 10.7. The third kappa shape index (κ3) is 2.79. The summed E-state index contributed by atoms with van der Waals surface area (Å²) in [4.78, 5) is 12.1. The van der Waals surface area contributed by atoms with Crippen molar-refractivity contribution in [2.75, 3.05) is 0 Å². The van der Waals surface area contributed by atoms with Crippen LogP contribution in [-0.4, -0.2) is 6.16 Å². The highest BCUT2D eigenvalue weighted by atomic mass is 16.7. The molecule has 3 heteroatoms. The molecule has 0 radical (unpaired) electrons. The minimum absolute atomic E-state index is 0.457. The Morgan fingerprint density at radius 3 is 2.21 bits per heavy atom. The van der Waals surface area contributed by atoms with Crippen LogP contribution < -0.4 is 9.47 Å². The van der Waals surface area contributed by atoms with Gasteiger partial charge < -0.3 is 9.47 Å². The maximum atomic E-state index is 12.1. The van der Waals surface area contributed by atoms with E-state index >= 15 is 0 Å². The molecule has 3 nitrogen and oxygen atoms in total. The molecule has 116 valence electrons. The second-order valence-electron chi connectivity index (χ2n) is 5.44. The Morgan fingerprint density at radius 2 is 1.33 bits per heavy atom. The van der Waals surface area contributed by atoms with Crippen molar-refractivity contribution in [2.24, 2.45) is 0 Å². The van der Waals surface area contributed by atoms with E-state index in [0.717, 1.165) is 21.5 Å². The standard InChI is InChI=1S/C21H14O3/c22-21(23-18-13-12-15-6-1-2-8-17(15)14-18)24-20-11-5-9-16-7-3-4-10-19(16)20/h1-14H. The van der Waals surface area contributed by atoms with Crippen LogP contribution >= 0.6 is 0 Å². The number of rotatable bonds is 2. The number of carbonyl (C=O) groups excluding carboxylic acids is 1. The maximum absolute atomic E-state index is 12.1. The summed E-state index contributed by atoms with van der Waals surface area (Å²) in [6.45, 7) is 0. The molecule has 0 saturated carbocycles. The highest BCUT2D eigenvalue weighted by molar-refractivity contribution is 5.90. The van der Waals surface area contributed by atoms with E-state index in [1.54, 1.807) is 12.1 Å². The molecule has 0 N–H and O–H groups in total. The summed E-state index contributed by atoms with van der Waals surface area (Å²) < 4.78 is 10.7. The van der Waals surface area contributed by atoms with Crippen LogP contribution in [0.1, 0.15) is 0 Å². The molecule has 0 aromatic heterocycles. The van der Waals surface area contributed by atoms with Crippen LogP contribution in [0.4, 0.5) is 4.79 Å². The van der Waals surface area contributed by atoms with Crippen molar-refractivity contribution in [1.29, 1.82) is 0 Å². The first-order valence-corrected chi connectivity index (χ1v) is 7.66. The van der Waals surface area contributed by atoms with E-state index in [0.29, 0.717) is 11.5 Å². The molecular weight excluding hydrogens is 300 g/mol. The van der Waals surface area contributed by atoms with Gasteiger partial charge in [-0.15, -0.1) is 0 Å². The average Bonchev–Trinajstić information content (AvgIpc) is 2.62. The Hall–Kier alpha value is -3.33. The summed E-state index contributed by atoms with van der Waals surface area (Å²) in [7, 11) is 0. The second kappa shape index (κ2) is 6.05. The lowest BCUT2D eigenvalue weighted by atomic mass is 10.1. The van der Waals surface area contributed by atoms with Crippen LogP contribution in [0, 0.1) is 0 Å². The van der Waals surface area contributed by atoms with Gasteiger partial charge in [-0.05, 0) is 34.4 Å². The van der Waals surface area contributed by atoms with Gasteiger partial charge in [0.05, 0.1) is 0 Å². The zero-order valence-electron chi connectivity index (χ0n) is 12.8. The van der Waals surface area contributed by atoms with Gasteiger partial charge in [-0.3, -0.25) is 0 Å². The molecule has 4 aromatic rings. The fourth-order valence-corrected chi connectivity index (χ4v) is 2.72. The molecule has 0 saturated heterocycles. The Morgan fingerprint density at radius 1 is 0.625 bits per heavy atom. The van der Waals surface area contributed by atoms with Gasteiger partial charge in [0.2, 0.25) is 0 Å². The number of hydrogen-bond donors (Lipinski definition) is 0. The predicted molar refractivity (Wildman–Crippen MR) is 94.5 cm³/mol. The Balaban J connectivity index is 1.57. The van der Waals surface area contributed by atoms with Gasteiger partial charge in [-0.2, -0.15) is 0 Å². The monoisotopic (exact) mass is 314 g/mol. The van der Waals surface area contributed by atoms with E-state index in [1.165, 1.54) is 0 Å². The van der Waals surface area contributed by atoms with Gasteiger partial charge in [-0.25, -0.2) is 4.79 Å². The lowest BCUT2D eigenvalue weighted by Crippen LogP contribution is -2.13. The summed E-state index contributed by atoms with van der Waals surface area (Å²) in [5, 5.41) is 3.98. The van der Waals surface area contributed by atoms with Crippen molar-refractivity contribution < 1.29 is 14.3 Å². The maximum Gasteiger partial charge on any atom is 0.519 e. The molecule has 0 heterocycles. The van der Waals surface area contributed by atoms with E-state index in [-0.39, 0.29) is 0 Å². The van der Waals surface area contributed by atoms with E-state index < -0.39 is 6.16 Å². The number of carbonyl (C=O) groups is 1. The third-order valence-electron chi connectivity index (χ3n) is 3.87. The van der Waals surface area contributed by atoms with Gasteiger partial charge in [-0.1, -0.05) is 66.7 Å². The first kappa shape index (κ1) is 14.3. The molecular formula is C21H14O3. The second-order valence-corrected chi connectivity index (χ2v) is 5.44. The molecule has 0 atom stereocenters. The minimum atomic E-state index is -0.748. The Kier molecular flexibility index (Phi) is 3.60. The summed E-state index contributed by atoms with van der Waals surface area (Å²) >= 11 is 0. The number of hydrogen-bond acceptors (Lipinski definition) is 3. The zero-order chi connectivity index (χ0) is 16.4. The average molecular weight is 314 g/mol. The SMILES string of the molecule is O=C(Oc1ccc2ccccc2c1)Oc1cccc2ccccc12. The lowest BCUT2D eigenvalue weighted by Gasteiger charge is -2.08. The van der Waals surface area contributed by atoms with Gasteiger partial charge in [0.25, 0.3) is 0 Å². The van der Waals surface area contributed by atoms with Gasteiger partial charge in [0, 0.05) is 5.39 Å². The summed E-state index contributed by atoms with van der Waals surface area (Å²) in [6, 6.07) is 26.7. The van der Waals surface area contributed by atoms with Crippen molar-refractivity contribution >= 4 is 27.7 Å². The van der Waals surface area contributed by atoms with Crippen LogP contribution in [-0.2, 0) is 0 Å². The van der Waals surface area contributed by atoms with E-state index in [2.05, 4.69) is 0 Å². The number of benzene rings is 4. The topological polar surface area (TPSA) is 35.5 Å². The fourth-order valence-electron chi connectivity index (χ4n) is 2.72. The first-order valence-electron chi connectivity index (χ1n) is 7.66. The molecule has 0 aliphatic carbocycles. The number of ether oxygens (including phenoxy) is 2. The van der Waals surface area contributed by atoms with E-state index in [9.17, 15) is 4.79 Å². The van der Waals surface area contributed by atoms with Gasteiger partial charge in [0.15, 0.2) is 0 Å². The van der Waals surface area contributed by atoms with Crippen molar-refractivity contribution in [3.05, 3.63) is 84.9 Å². The quantitative estimate of drug-likeness (QED) is 0.358. The molecule has 0 fully saturated rings. The molecule has 0 amide bonds. The van der Waals surface area contributed by atoms with Gasteiger partial charge in [0.1, 0.15) is 11.5 Å². The third-order valence-corrected chi connectivity index (χ3v) is 3.87. The first-order chi connectivity index (χ1) is 11.8. The van der Waals surface area contributed by atoms with Crippen molar-refractivity contribution in [3.8, 4) is 11.5 Å². The molecule has 4 rings (SSSR count). The zero-order valence-corrected chi connectivity index (χ0v) is 12.8. The Bertz CT molecular complexity index is 1030. The molecule has 24 heavy (non-hydrogen) atoms. The van der Waals surface area contributed by atoms with Crippen LogP contribution in [0.3, 0.4) is 0 Å². The van der Waals surface area contributed by atoms with Crippen LogP contribution in [0.5, 0.6) is 11.5 Å². The summed E-state index contributed by atoms with van der Waals surface area (Å²) in [6.07, 6.45) is -0.748. The highest BCUT2D eigenvalue weighted by Crippen LogP contribution is 2.26. The molecule has 0 unspecified atom stereocenters. The van der Waals surface area contributed by atoms with Gasteiger partial charge >= 0.3 is 6.16 Å². The largest absolute Gasteiger partial charge is 0.519 e. The Labute approximate surface area is 139 Å². The van der Waals surface area contributed by atoms with Crippen LogP contribution in [0.25, 0.3) is 21.5 Å². The minimum Gasteiger partial charge on any atom is -0.395 e. The van der Waals surface area contributed by atoms with Crippen molar-refractivity contribution in [2.45, 2.75) is 0 Å². The molecule has 0 aliphatic heterocycles. The van der Waals surface area contributed by atoms with E-state index in [1.807, 2.05) is 72.8 Å².